The molecule has 0 radical (unpaired) electrons. The second-order valence-electron chi connectivity index (χ2n) is 4.36. The molecule has 0 heterocycles. The molecule has 6 nitrogen and oxygen atoms in total. The van der Waals surface area contributed by atoms with Crippen molar-refractivity contribution in [3.05, 3.63) is 28.3 Å². The van der Waals surface area contributed by atoms with E-state index in [0.29, 0.717) is 6.54 Å². The average Bonchev–Trinajstić information content (AvgIpc) is 2.28. The monoisotopic (exact) mass is 239 g/mol. The van der Waals surface area contributed by atoms with E-state index in [-0.39, 0.29) is 17.0 Å². The number of nitrogens with two attached hydrogens (primary N) is 1. The summed E-state index contributed by atoms with van der Waals surface area (Å²) in [5.74, 6) is 0.229. The summed E-state index contributed by atoms with van der Waals surface area (Å²) in [4.78, 5) is 10.2. The fraction of sp³-hybridized carbons (Fsp3) is 0.455. The molecule has 1 rings (SSSR count). The number of anilines is 1. The van der Waals surface area contributed by atoms with Crippen LogP contribution in [0, 0.1) is 10.1 Å². The molecule has 3 N–H and O–H groups in total. The van der Waals surface area contributed by atoms with Crippen molar-refractivity contribution in [1.29, 1.82) is 0 Å². The molecule has 0 saturated carbocycles. The molecular weight excluding hydrogens is 222 g/mol. The van der Waals surface area contributed by atoms with Crippen LogP contribution in [0.2, 0.25) is 0 Å². The van der Waals surface area contributed by atoms with Gasteiger partial charge in [-0.1, -0.05) is 0 Å². The van der Waals surface area contributed by atoms with Crippen LogP contribution >= 0.6 is 0 Å². The maximum Gasteiger partial charge on any atom is 0.311 e. The Bertz CT molecular complexity index is 418. The van der Waals surface area contributed by atoms with E-state index in [4.69, 9.17) is 10.5 Å². The van der Waals surface area contributed by atoms with Gasteiger partial charge in [-0.15, -0.1) is 0 Å². The molecule has 0 unspecified atom stereocenters. The van der Waals surface area contributed by atoms with E-state index in [1.165, 1.54) is 13.2 Å². The summed E-state index contributed by atoms with van der Waals surface area (Å²) in [7, 11) is 1.40. The van der Waals surface area contributed by atoms with Crippen LogP contribution in [0.5, 0.6) is 5.75 Å². The summed E-state index contributed by atoms with van der Waals surface area (Å²) < 4.78 is 4.98. The minimum absolute atomic E-state index is 0.0522. The van der Waals surface area contributed by atoms with E-state index in [9.17, 15) is 10.1 Å². The van der Waals surface area contributed by atoms with Gasteiger partial charge in [-0.2, -0.15) is 0 Å². The van der Waals surface area contributed by atoms with Crippen molar-refractivity contribution in [2.75, 3.05) is 19.0 Å². The highest BCUT2D eigenvalue weighted by molar-refractivity contribution is 5.58. The second-order valence-corrected chi connectivity index (χ2v) is 4.36. The van der Waals surface area contributed by atoms with Crippen LogP contribution in [-0.4, -0.2) is 24.1 Å². The average molecular weight is 239 g/mol. The molecule has 17 heavy (non-hydrogen) atoms. The lowest BCUT2D eigenvalue weighted by molar-refractivity contribution is -0.385. The first kappa shape index (κ1) is 13.2. The molecule has 0 atom stereocenters. The molecule has 0 aliphatic carbocycles. The highest BCUT2D eigenvalue weighted by Gasteiger charge is 2.18. The number of hydrogen-bond donors (Lipinski definition) is 2. The first-order valence-corrected chi connectivity index (χ1v) is 5.20. The molecule has 0 bridgehead atoms. The van der Waals surface area contributed by atoms with Crippen LogP contribution in [0.25, 0.3) is 0 Å². The first-order chi connectivity index (χ1) is 7.89. The Morgan fingerprint density at radius 3 is 2.65 bits per heavy atom. The van der Waals surface area contributed by atoms with Crippen LogP contribution in [0.15, 0.2) is 18.2 Å². The third-order valence-electron chi connectivity index (χ3n) is 2.37. The quantitative estimate of drug-likeness (QED) is 0.603. The second kappa shape index (κ2) is 5.01. The van der Waals surface area contributed by atoms with Crippen molar-refractivity contribution < 1.29 is 9.66 Å². The zero-order chi connectivity index (χ0) is 13.1. The van der Waals surface area contributed by atoms with Crippen LogP contribution in [-0.2, 0) is 0 Å². The van der Waals surface area contributed by atoms with Gasteiger partial charge in [-0.25, -0.2) is 0 Å². The van der Waals surface area contributed by atoms with E-state index in [2.05, 4.69) is 5.32 Å². The molecule has 0 aliphatic heterocycles. The number of methoxy groups -OCH3 is 1. The van der Waals surface area contributed by atoms with E-state index in [0.717, 1.165) is 5.69 Å². The third kappa shape index (κ3) is 3.32. The van der Waals surface area contributed by atoms with Crippen molar-refractivity contribution in [3.63, 3.8) is 0 Å². The lowest BCUT2D eigenvalue weighted by Gasteiger charge is -2.25. The number of nitrogens with one attached hydrogen (secondary N) is 1. The molecule has 0 aromatic heterocycles. The number of nitrogens with zero attached hydrogens (tertiary/aromatic N) is 1. The van der Waals surface area contributed by atoms with Gasteiger partial charge in [-0.05, 0) is 19.9 Å². The highest BCUT2D eigenvalue weighted by Crippen LogP contribution is 2.30. The van der Waals surface area contributed by atoms with Crippen LogP contribution in [0.1, 0.15) is 13.8 Å². The molecule has 0 saturated heterocycles. The van der Waals surface area contributed by atoms with Gasteiger partial charge in [0, 0.05) is 29.9 Å². The third-order valence-corrected chi connectivity index (χ3v) is 2.37. The summed E-state index contributed by atoms with van der Waals surface area (Å²) >= 11 is 0. The summed E-state index contributed by atoms with van der Waals surface area (Å²) in [5.41, 5.74) is 6.01. The molecular formula is C11H17N3O3. The Labute approximate surface area is 99.9 Å². The zero-order valence-corrected chi connectivity index (χ0v) is 10.2. The fourth-order valence-electron chi connectivity index (χ4n) is 1.35. The summed E-state index contributed by atoms with van der Waals surface area (Å²) in [5, 5.41) is 13.9. The van der Waals surface area contributed by atoms with Crippen molar-refractivity contribution in [3.8, 4) is 5.75 Å². The number of ether oxygens (including phenoxy) is 1. The van der Waals surface area contributed by atoms with Crippen molar-refractivity contribution in [2.45, 2.75) is 19.4 Å². The predicted molar refractivity (Wildman–Crippen MR) is 66.4 cm³/mol. The number of nitro benzene ring substituents is 1. The summed E-state index contributed by atoms with van der Waals surface area (Å²) in [6.07, 6.45) is 0. The van der Waals surface area contributed by atoms with E-state index < -0.39 is 4.92 Å². The highest BCUT2D eigenvalue weighted by atomic mass is 16.6. The number of rotatable bonds is 5. The van der Waals surface area contributed by atoms with Gasteiger partial charge in [0.25, 0.3) is 0 Å². The van der Waals surface area contributed by atoms with E-state index in [1.54, 1.807) is 12.1 Å². The maximum atomic E-state index is 10.7. The first-order valence-electron chi connectivity index (χ1n) is 5.20. The molecule has 0 spiro atoms. The summed E-state index contributed by atoms with van der Waals surface area (Å²) in [6.45, 7) is 4.34. The van der Waals surface area contributed by atoms with Crippen molar-refractivity contribution >= 4 is 11.4 Å². The minimum atomic E-state index is -0.476. The summed E-state index contributed by atoms with van der Waals surface area (Å²) in [6, 6.07) is 4.64. The van der Waals surface area contributed by atoms with Gasteiger partial charge in [0.15, 0.2) is 5.75 Å². The molecule has 0 fully saturated rings. The van der Waals surface area contributed by atoms with Gasteiger partial charge in [0.05, 0.1) is 12.0 Å². The lowest BCUT2D eigenvalue weighted by Crippen LogP contribution is -2.39. The molecule has 1 aromatic carbocycles. The van der Waals surface area contributed by atoms with Crippen molar-refractivity contribution in [2.24, 2.45) is 5.73 Å². The van der Waals surface area contributed by atoms with Crippen LogP contribution in [0.4, 0.5) is 11.4 Å². The Morgan fingerprint density at radius 1 is 1.53 bits per heavy atom. The number of benzene rings is 1. The molecule has 6 heteroatoms. The molecule has 0 amide bonds. The number of nitro groups is 1. The molecule has 0 aliphatic rings. The van der Waals surface area contributed by atoms with Gasteiger partial charge in [0.1, 0.15) is 0 Å². The van der Waals surface area contributed by atoms with Gasteiger partial charge in [0.2, 0.25) is 0 Å². The van der Waals surface area contributed by atoms with Crippen LogP contribution < -0.4 is 15.8 Å². The fourth-order valence-corrected chi connectivity index (χ4v) is 1.35. The SMILES string of the molecule is COc1cc(NC(C)(C)CN)ccc1[N+](=O)[O-]. The number of hydrogen-bond acceptors (Lipinski definition) is 5. The largest absolute Gasteiger partial charge is 0.490 e. The Balaban J connectivity index is 3.02. The van der Waals surface area contributed by atoms with E-state index >= 15 is 0 Å². The minimum Gasteiger partial charge on any atom is -0.490 e. The Morgan fingerprint density at radius 2 is 2.18 bits per heavy atom. The Hall–Kier alpha value is -1.82. The Kier molecular flexibility index (Phi) is 3.90. The lowest BCUT2D eigenvalue weighted by atomic mass is 10.1. The molecule has 94 valence electrons. The van der Waals surface area contributed by atoms with E-state index in [1.807, 2.05) is 13.8 Å². The zero-order valence-electron chi connectivity index (χ0n) is 10.2. The topological polar surface area (TPSA) is 90.4 Å². The van der Waals surface area contributed by atoms with Gasteiger partial charge < -0.3 is 15.8 Å². The van der Waals surface area contributed by atoms with Gasteiger partial charge in [-0.3, -0.25) is 10.1 Å². The predicted octanol–water partition coefficient (Wildman–Crippen LogP) is 1.75. The smallest absolute Gasteiger partial charge is 0.311 e. The molecule has 1 aromatic rings. The van der Waals surface area contributed by atoms with Crippen LogP contribution in [0.3, 0.4) is 0 Å². The maximum absolute atomic E-state index is 10.7. The normalized spacial score (nSPS) is 11.1. The standard InChI is InChI=1S/C11H17N3O3/c1-11(2,7-12)13-8-4-5-9(14(15)16)10(6-8)17-3/h4-6,13H,7,12H2,1-3H3. The van der Waals surface area contributed by atoms with Crippen molar-refractivity contribution in [1.82, 2.24) is 0 Å². The van der Waals surface area contributed by atoms with Gasteiger partial charge >= 0.3 is 5.69 Å².